The second kappa shape index (κ2) is 6.73. The van der Waals surface area contributed by atoms with E-state index in [1.54, 1.807) is 0 Å². The van der Waals surface area contributed by atoms with Crippen molar-refractivity contribution in [3.63, 3.8) is 0 Å². The molecule has 0 bridgehead atoms. The first-order valence-electron chi connectivity index (χ1n) is 7.47. The summed E-state index contributed by atoms with van der Waals surface area (Å²) in [5, 5.41) is 3.07. The highest BCUT2D eigenvalue weighted by atomic mass is 16.5. The lowest BCUT2D eigenvalue weighted by Crippen LogP contribution is -2.25. The van der Waals surface area contributed by atoms with Crippen molar-refractivity contribution in [2.45, 2.75) is 58.5 Å². The van der Waals surface area contributed by atoms with E-state index < -0.39 is 0 Å². The summed E-state index contributed by atoms with van der Waals surface area (Å²) in [6.07, 6.45) is 7.34. The van der Waals surface area contributed by atoms with Gasteiger partial charge in [0.15, 0.2) is 0 Å². The van der Waals surface area contributed by atoms with Gasteiger partial charge in [-0.1, -0.05) is 26.7 Å². The summed E-state index contributed by atoms with van der Waals surface area (Å²) in [7, 11) is 1.87. The van der Waals surface area contributed by atoms with E-state index >= 15 is 0 Å². The summed E-state index contributed by atoms with van der Waals surface area (Å²) >= 11 is 0. The van der Waals surface area contributed by atoms with Gasteiger partial charge in [-0.15, -0.1) is 0 Å². The van der Waals surface area contributed by atoms with Crippen LogP contribution in [0.25, 0.3) is 0 Å². The zero-order valence-electron chi connectivity index (χ0n) is 12.3. The third-order valence-electron chi connectivity index (χ3n) is 3.92. The van der Waals surface area contributed by atoms with Gasteiger partial charge in [0.1, 0.15) is 17.7 Å². The van der Waals surface area contributed by atoms with Crippen molar-refractivity contribution in [1.82, 2.24) is 9.97 Å². The van der Waals surface area contributed by atoms with E-state index in [0.29, 0.717) is 6.10 Å². The number of nitrogens with one attached hydrogen (secondary N) is 1. The van der Waals surface area contributed by atoms with E-state index in [1.807, 2.05) is 13.1 Å². The minimum absolute atomic E-state index is 0.322. The molecule has 4 nitrogen and oxygen atoms in total. The second-order valence-electron chi connectivity index (χ2n) is 5.29. The molecule has 19 heavy (non-hydrogen) atoms. The lowest BCUT2D eigenvalue weighted by atomic mass is 9.85. The molecule has 1 aromatic heterocycles. The maximum atomic E-state index is 6.08. The summed E-state index contributed by atoms with van der Waals surface area (Å²) in [6.45, 7) is 4.33. The zero-order chi connectivity index (χ0) is 13.7. The first-order valence-corrected chi connectivity index (χ1v) is 7.47. The van der Waals surface area contributed by atoms with Crippen LogP contribution in [-0.4, -0.2) is 23.1 Å². The van der Waals surface area contributed by atoms with E-state index in [0.717, 1.165) is 42.7 Å². The number of aromatic nitrogens is 2. The summed E-state index contributed by atoms with van der Waals surface area (Å²) in [5.74, 6) is 3.21. The van der Waals surface area contributed by atoms with Crippen molar-refractivity contribution >= 4 is 5.82 Å². The van der Waals surface area contributed by atoms with Crippen LogP contribution in [0.5, 0.6) is 5.88 Å². The van der Waals surface area contributed by atoms with Crippen molar-refractivity contribution in [3.8, 4) is 5.88 Å². The number of anilines is 1. The highest BCUT2D eigenvalue weighted by Gasteiger charge is 2.22. The van der Waals surface area contributed by atoms with Gasteiger partial charge in [-0.3, -0.25) is 0 Å². The number of aryl methyl sites for hydroxylation is 1. The molecule has 0 amide bonds. The summed E-state index contributed by atoms with van der Waals surface area (Å²) in [4.78, 5) is 8.86. The predicted molar refractivity (Wildman–Crippen MR) is 77.6 cm³/mol. The van der Waals surface area contributed by atoms with Gasteiger partial charge < -0.3 is 10.1 Å². The third-order valence-corrected chi connectivity index (χ3v) is 3.92. The Kier molecular flexibility index (Phi) is 5.00. The quantitative estimate of drug-likeness (QED) is 0.884. The number of hydrogen-bond acceptors (Lipinski definition) is 4. The molecule has 1 heterocycles. The Morgan fingerprint density at radius 2 is 2.16 bits per heavy atom. The molecule has 1 fully saturated rings. The molecule has 1 aromatic rings. The highest BCUT2D eigenvalue weighted by Crippen LogP contribution is 2.29. The van der Waals surface area contributed by atoms with Crippen molar-refractivity contribution in [3.05, 3.63) is 11.9 Å². The van der Waals surface area contributed by atoms with Gasteiger partial charge in [-0.2, -0.15) is 4.98 Å². The number of ether oxygens (including phenoxy) is 1. The molecule has 1 aliphatic rings. The molecule has 1 saturated carbocycles. The molecular formula is C15H25N3O. The molecule has 2 unspecified atom stereocenters. The molecule has 2 atom stereocenters. The lowest BCUT2D eigenvalue weighted by molar-refractivity contribution is 0.117. The Labute approximate surface area is 116 Å². The largest absolute Gasteiger partial charge is 0.474 e. The number of nitrogens with zero attached hydrogens (tertiary/aromatic N) is 2. The fraction of sp³-hybridized carbons (Fsp3) is 0.733. The van der Waals surface area contributed by atoms with Gasteiger partial charge in [0.05, 0.1) is 0 Å². The predicted octanol–water partition coefficient (Wildman–Crippen LogP) is 3.43. The van der Waals surface area contributed by atoms with E-state index in [2.05, 4.69) is 29.1 Å². The Morgan fingerprint density at radius 3 is 2.84 bits per heavy atom. The third kappa shape index (κ3) is 3.82. The van der Waals surface area contributed by atoms with Crippen molar-refractivity contribution < 1.29 is 4.74 Å². The SMILES string of the molecule is CCc1nc(NC)cc(OC2CCCC(CC)C2)n1. The molecule has 0 aliphatic heterocycles. The average Bonchev–Trinajstić information content (AvgIpc) is 2.47. The molecule has 0 radical (unpaired) electrons. The van der Waals surface area contributed by atoms with Crippen LogP contribution >= 0.6 is 0 Å². The van der Waals surface area contributed by atoms with Crippen molar-refractivity contribution in [2.75, 3.05) is 12.4 Å². The van der Waals surface area contributed by atoms with Gasteiger partial charge in [-0.05, 0) is 25.2 Å². The molecule has 2 rings (SSSR count). The van der Waals surface area contributed by atoms with Crippen LogP contribution in [-0.2, 0) is 6.42 Å². The molecule has 106 valence electrons. The second-order valence-corrected chi connectivity index (χ2v) is 5.29. The minimum atomic E-state index is 0.322. The van der Waals surface area contributed by atoms with Crippen molar-refractivity contribution in [2.24, 2.45) is 5.92 Å². The summed E-state index contributed by atoms with van der Waals surface area (Å²) in [5.41, 5.74) is 0. The van der Waals surface area contributed by atoms with Crippen LogP contribution in [0.2, 0.25) is 0 Å². The van der Waals surface area contributed by atoms with E-state index in [9.17, 15) is 0 Å². The molecule has 1 N–H and O–H groups in total. The maximum Gasteiger partial charge on any atom is 0.218 e. The molecule has 0 saturated heterocycles. The molecule has 4 heteroatoms. The van der Waals surface area contributed by atoms with Gasteiger partial charge in [-0.25, -0.2) is 4.98 Å². The Hall–Kier alpha value is -1.32. The van der Waals surface area contributed by atoms with Gasteiger partial charge in [0, 0.05) is 19.5 Å². The normalized spacial score (nSPS) is 23.1. The van der Waals surface area contributed by atoms with E-state index in [1.165, 1.54) is 19.3 Å². The molecule has 0 aromatic carbocycles. The maximum absolute atomic E-state index is 6.08. The van der Waals surface area contributed by atoms with Crippen LogP contribution in [0.3, 0.4) is 0 Å². The zero-order valence-corrected chi connectivity index (χ0v) is 12.3. The molecule has 1 aliphatic carbocycles. The fourth-order valence-corrected chi connectivity index (χ4v) is 2.71. The van der Waals surface area contributed by atoms with Crippen LogP contribution in [0.4, 0.5) is 5.82 Å². The first kappa shape index (κ1) is 14.1. The monoisotopic (exact) mass is 263 g/mol. The van der Waals surface area contributed by atoms with Crippen molar-refractivity contribution in [1.29, 1.82) is 0 Å². The Balaban J connectivity index is 2.05. The Bertz CT molecular complexity index is 386. The number of hydrogen-bond donors (Lipinski definition) is 1. The molecular weight excluding hydrogens is 238 g/mol. The van der Waals surface area contributed by atoms with Gasteiger partial charge in [0.2, 0.25) is 5.88 Å². The number of rotatable bonds is 5. The lowest BCUT2D eigenvalue weighted by Gasteiger charge is -2.28. The Morgan fingerprint density at radius 1 is 1.32 bits per heavy atom. The molecule has 0 spiro atoms. The average molecular weight is 263 g/mol. The van der Waals surface area contributed by atoms with Gasteiger partial charge >= 0.3 is 0 Å². The van der Waals surface area contributed by atoms with Gasteiger partial charge in [0.25, 0.3) is 0 Å². The standard InChI is InChI=1S/C15H25N3O/c1-4-11-7-6-8-12(9-11)19-15-10-14(16-3)17-13(5-2)18-15/h10-12H,4-9H2,1-3H3,(H,16,17,18). The summed E-state index contributed by atoms with van der Waals surface area (Å²) in [6, 6.07) is 1.90. The topological polar surface area (TPSA) is 47.0 Å². The first-order chi connectivity index (χ1) is 9.25. The van der Waals surface area contributed by atoms with E-state index in [-0.39, 0.29) is 0 Å². The van der Waals surface area contributed by atoms with Crippen LogP contribution in [0, 0.1) is 5.92 Å². The van der Waals surface area contributed by atoms with E-state index in [4.69, 9.17) is 4.74 Å². The fourth-order valence-electron chi connectivity index (χ4n) is 2.71. The minimum Gasteiger partial charge on any atom is -0.474 e. The van der Waals surface area contributed by atoms with Crippen LogP contribution in [0.15, 0.2) is 6.07 Å². The van der Waals surface area contributed by atoms with Crippen LogP contribution in [0.1, 0.15) is 51.8 Å². The smallest absolute Gasteiger partial charge is 0.218 e. The highest BCUT2D eigenvalue weighted by molar-refractivity contribution is 5.37. The van der Waals surface area contributed by atoms with Crippen LogP contribution < -0.4 is 10.1 Å². The summed E-state index contributed by atoms with van der Waals surface area (Å²) < 4.78 is 6.08.